The van der Waals surface area contributed by atoms with E-state index in [1.54, 1.807) is 6.08 Å². The highest BCUT2D eigenvalue weighted by atomic mass is 16.1. The highest BCUT2D eigenvalue weighted by Gasteiger charge is 2.15. The highest BCUT2D eigenvalue weighted by Crippen LogP contribution is 2.04. The number of carbonyl (C=O) groups excluding carboxylic acids is 1. The van der Waals surface area contributed by atoms with Crippen molar-refractivity contribution in [2.24, 2.45) is 5.73 Å². The number of nitrogens with two attached hydrogens (primary N) is 1. The van der Waals surface area contributed by atoms with E-state index in [9.17, 15) is 4.79 Å². The SMILES string of the molecule is CC=C(C(N)=O)N1CCNCC1. The maximum Gasteiger partial charge on any atom is 0.264 e. The third-order valence-corrected chi connectivity index (χ3v) is 1.98. The first-order valence-electron chi connectivity index (χ1n) is 4.17. The van der Waals surface area contributed by atoms with Crippen LogP contribution in [0.25, 0.3) is 0 Å². The van der Waals surface area contributed by atoms with Gasteiger partial charge in [0.15, 0.2) is 0 Å². The fourth-order valence-electron chi connectivity index (χ4n) is 1.39. The lowest BCUT2D eigenvalue weighted by Gasteiger charge is -2.29. The van der Waals surface area contributed by atoms with Crippen LogP contribution in [0.1, 0.15) is 6.92 Å². The van der Waals surface area contributed by atoms with Crippen LogP contribution in [0.3, 0.4) is 0 Å². The van der Waals surface area contributed by atoms with Crippen LogP contribution in [0.2, 0.25) is 0 Å². The molecule has 0 spiro atoms. The predicted molar refractivity (Wildman–Crippen MR) is 47.4 cm³/mol. The van der Waals surface area contributed by atoms with E-state index in [1.807, 2.05) is 11.8 Å². The van der Waals surface area contributed by atoms with Crippen LogP contribution in [0, 0.1) is 0 Å². The summed E-state index contributed by atoms with van der Waals surface area (Å²) in [5.74, 6) is -0.334. The van der Waals surface area contributed by atoms with E-state index in [2.05, 4.69) is 5.32 Å². The van der Waals surface area contributed by atoms with Crippen molar-refractivity contribution in [2.45, 2.75) is 6.92 Å². The van der Waals surface area contributed by atoms with Gasteiger partial charge in [0.2, 0.25) is 0 Å². The molecule has 1 amide bonds. The molecule has 0 aliphatic carbocycles. The number of carbonyl (C=O) groups is 1. The van der Waals surface area contributed by atoms with Crippen molar-refractivity contribution in [3.05, 3.63) is 11.8 Å². The summed E-state index contributed by atoms with van der Waals surface area (Å²) in [5, 5.41) is 3.21. The van der Waals surface area contributed by atoms with Crippen LogP contribution in [0.5, 0.6) is 0 Å². The minimum Gasteiger partial charge on any atom is -0.365 e. The van der Waals surface area contributed by atoms with E-state index in [4.69, 9.17) is 5.73 Å². The highest BCUT2D eigenvalue weighted by molar-refractivity contribution is 5.91. The molecule has 0 saturated carbocycles. The molecule has 1 aliphatic heterocycles. The van der Waals surface area contributed by atoms with Crippen molar-refractivity contribution in [3.8, 4) is 0 Å². The van der Waals surface area contributed by atoms with Crippen LogP contribution < -0.4 is 11.1 Å². The van der Waals surface area contributed by atoms with Crippen molar-refractivity contribution in [1.29, 1.82) is 0 Å². The Morgan fingerprint density at radius 3 is 2.50 bits per heavy atom. The molecule has 1 fully saturated rings. The number of hydrogen-bond donors (Lipinski definition) is 2. The van der Waals surface area contributed by atoms with Gasteiger partial charge in [-0.25, -0.2) is 0 Å². The van der Waals surface area contributed by atoms with E-state index < -0.39 is 0 Å². The minimum absolute atomic E-state index is 0.334. The molecule has 0 aromatic heterocycles. The van der Waals surface area contributed by atoms with Gasteiger partial charge < -0.3 is 16.0 Å². The van der Waals surface area contributed by atoms with Gasteiger partial charge >= 0.3 is 0 Å². The number of allylic oxidation sites excluding steroid dienone is 1. The molecule has 1 aliphatic rings. The Labute approximate surface area is 72.4 Å². The number of nitrogens with one attached hydrogen (secondary N) is 1. The van der Waals surface area contributed by atoms with Gasteiger partial charge in [-0.15, -0.1) is 0 Å². The molecule has 0 aromatic rings. The summed E-state index contributed by atoms with van der Waals surface area (Å²) >= 11 is 0. The fraction of sp³-hybridized carbons (Fsp3) is 0.625. The van der Waals surface area contributed by atoms with Gasteiger partial charge in [-0.2, -0.15) is 0 Å². The smallest absolute Gasteiger partial charge is 0.264 e. The summed E-state index contributed by atoms with van der Waals surface area (Å²) in [6.07, 6.45) is 1.77. The zero-order valence-electron chi connectivity index (χ0n) is 7.34. The van der Waals surface area contributed by atoms with Crippen LogP contribution in [0.4, 0.5) is 0 Å². The van der Waals surface area contributed by atoms with Crippen molar-refractivity contribution >= 4 is 5.91 Å². The molecular formula is C8H15N3O. The first kappa shape index (κ1) is 9.06. The van der Waals surface area contributed by atoms with Gasteiger partial charge in [0.25, 0.3) is 5.91 Å². The molecule has 1 rings (SSSR count). The van der Waals surface area contributed by atoms with Crippen LogP contribution >= 0.6 is 0 Å². The predicted octanol–water partition coefficient (Wildman–Crippen LogP) is -0.719. The number of amides is 1. The van der Waals surface area contributed by atoms with Crippen LogP contribution in [-0.4, -0.2) is 37.0 Å². The largest absolute Gasteiger partial charge is 0.365 e. The maximum absolute atomic E-state index is 10.9. The molecule has 68 valence electrons. The lowest BCUT2D eigenvalue weighted by Crippen LogP contribution is -2.45. The second kappa shape index (κ2) is 4.11. The van der Waals surface area contributed by atoms with E-state index in [-0.39, 0.29) is 5.91 Å². The summed E-state index contributed by atoms with van der Waals surface area (Å²) in [5.41, 5.74) is 5.84. The first-order chi connectivity index (χ1) is 5.75. The van der Waals surface area contributed by atoms with Crippen molar-refractivity contribution in [2.75, 3.05) is 26.2 Å². The second-order valence-corrected chi connectivity index (χ2v) is 2.78. The molecule has 1 saturated heterocycles. The molecule has 0 atom stereocenters. The summed E-state index contributed by atoms with van der Waals surface area (Å²) in [4.78, 5) is 12.9. The summed E-state index contributed by atoms with van der Waals surface area (Å²) < 4.78 is 0. The lowest BCUT2D eigenvalue weighted by molar-refractivity contribution is -0.116. The van der Waals surface area contributed by atoms with Crippen LogP contribution in [0.15, 0.2) is 11.8 Å². The Balaban J connectivity index is 2.59. The van der Waals surface area contributed by atoms with Crippen LogP contribution in [-0.2, 0) is 4.79 Å². The Hall–Kier alpha value is -1.03. The fourth-order valence-corrected chi connectivity index (χ4v) is 1.39. The molecule has 3 N–H and O–H groups in total. The van der Waals surface area contributed by atoms with Crippen molar-refractivity contribution in [3.63, 3.8) is 0 Å². The number of piperazine rings is 1. The van der Waals surface area contributed by atoms with E-state index in [1.165, 1.54) is 0 Å². The third-order valence-electron chi connectivity index (χ3n) is 1.98. The standard InChI is InChI=1S/C8H15N3O/c1-2-7(8(9)12)11-5-3-10-4-6-11/h2,10H,3-6H2,1H3,(H2,9,12). The summed E-state index contributed by atoms with van der Waals surface area (Å²) in [6.45, 7) is 5.41. The number of hydrogen-bond acceptors (Lipinski definition) is 3. The average Bonchev–Trinajstić information content (AvgIpc) is 2.07. The summed E-state index contributed by atoms with van der Waals surface area (Å²) in [7, 11) is 0. The minimum atomic E-state index is -0.334. The maximum atomic E-state index is 10.9. The molecule has 4 heteroatoms. The van der Waals surface area contributed by atoms with E-state index in [0.717, 1.165) is 26.2 Å². The Morgan fingerprint density at radius 1 is 1.50 bits per heavy atom. The van der Waals surface area contributed by atoms with Gasteiger partial charge in [-0.05, 0) is 6.92 Å². The Morgan fingerprint density at radius 2 is 2.08 bits per heavy atom. The van der Waals surface area contributed by atoms with Crippen molar-refractivity contribution in [1.82, 2.24) is 10.2 Å². The Bertz CT molecular complexity index is 194. The van der Waals surface area contributed by atoms with E-state index in [0.29, 0.717) is 5.70 Å². The molecular weight excluding hydrogens is 154 g/mol. The molecule has 0 aromatic carbocycles. The quantitative estimate of drug-likeness (QED) is 0.536. The Kier molecular flexibility index (Phi) is 3.10. The van der Waals surface area contributed by atoms with Gasteiger partial charge in [-0.3, -0.25) is 4.79 Å². The first-order valence-corrected chi connectivity index (χ1v) is 4.17. The molecule has 4 nitrogen and oxygen atoms in total. The van der Waals surface area contributed by atoms with Gasteiger partial charge in [0.1, 0.15) is 0 Å². The molecule has 0 radical (unpaired) electrons. The number of nitrogens with zero attached hydrogens (tertiary/aromatic N) is 1. The molecule has 1 heterocycles. The van der Waals surface area contributed by atoms with Crippen molar-refractivity contribution < 1.29 is 4.79 Å². The number of rotatable bonds is 2. The van der Waals surface area contributed by atoms with Gasteiger partial charge in [-0.1, -0.05) is 6.08 Å². The van der Waals surface area contributed by atoms with E-state index >= 15 is 0 Å². The third kappa shape index (κ3) is 1.98. The average molecular weight is 169 g/mol. The number of primary amides is 1. The molecule has 12 heavy (non-hydrogen) atoms. The summed E-state index contributed by atoms with van der Waals surface area (Å²) in [6, 6.07) is 0. The molecule has 0 bridgehead atoms. The lowest BCUT2D eigenvalue weighted by atomic mass is 10.3. The zero-order chi connectivity index (χ0) is 8.97. The normalized spacial score (nSPS) is 19.4. The monoisotopic (exact) mass is 169 g/mol. The second-order valence-electron chi connectivity index (χ2n) is 2.78. The van der Waals surface area contributed by atoms with Gasteiger partial charge in [0.05, 0.1) is 5.70 Å². The molecule has 0 unspecified atom stereocenters. The zero-order valence-corrected chi connectivity index (χ0v) is 7.34. The topological polar surface area (TPSA) is 58.4 Å². The van der Waals surface area contributed by atoms with Gasteiger partial charge in [0, 0.05) is 26.2 Å².